The van der Waals surface area contributed by atoms with Crippen molar-refractivity contribution in [1.82, 2.24) is 10.2 Å². The molecule has 2 aliphatic heterocycles. The molecule has 1 atom stereocenters. The molecule has 2 aliphatic rings. The number of urea groups is 1. The summed E-state index contributed by atoms with van der Waals surface area (Å²) in [5.74, 6) is -0.0148. The molecule has 84 valence electrons. The second-order valence-corrected chi connectivity index (χ2v) is 6.23. The maximum Gasteiger partial charge on any atom is 0.324 e. The average Bonchev–Trinajstić information content (AvgIpc) is 2.57. The van der Waals surface area contributed by atoms with Crippen LogP contribution in [0.25, 0.3) is 0 Å². The molecule has 2 saturated heterocycles. The van der Waals surface area contributed by atoms with Crippen molar-refractivity contribution >= 4 is 21.8 Å². The van der Waals surface area contributed by atoms with E-state index in [0.717, 1.165) is 0 Å². The van der Waals surface area contributed by atoms with E-state index in [4.69, 9.17) is 0 Å². The van der Waals surface area contributed by atoms with E-state index in [1.165, 1.54) is 4.90 Å². The molecule has 7 heteroatoms. The monoisotopic (exact) mass is 232 g/mol. The van der Waals surface area contributed by atoms with Gasteiger partial charge in [-0.1, -0.05) is 0 Å². The zero-order valence-corrected chi connectivity index (χ0v) is 8.92. The molecule has 3 amide bonds. The number of nitrogens with zero attached hydrogens (tertiary/aromatic N) is 1. The number of amides is 3. The lowest BCUT2D eigenvalue weighted by atomic mass is 10.1. The number of rotatable bonds is 2. The molecule has 2 heterocycles. The second kappa shape index (κ2) is 3.48. The Morgan fingerprint density at radius 2 is 2.13 bits per heavy atom. The van der Waals surface area contributed by atoms with Crippen LogP contribution < -0.4 is 5.32 Å². The van der Waals surface area contributed by atoms with Gasteiger partial charge in [0.15, 0.2) is 9.84 Å². The maximum atomic E-state index is 11.2. The van der Waals surface area contributed by atoms with Gasteiger partial charge in [-0.3, -0.25) is 10.1 Å². The SMILES string of the molecule is O=C1CN(CC2CCS(=O)(=O)C2)C(=O)N1. The summed E-state index contributed by atoms with van der Waals surface area (Å²) >= 11 is 0. The standard InChI is InChI=1S/C8H12N2O4S/c11-7-4-10(8(12)9-7)3-6-1-2-15(13,14)5-6/h6H,1-5H2,(H,9,11,12). The van der Waals surface area contributed by atoms with Crippen LogP contribution >= 0.6 is 0 Å². The van der Waals surface area contributed by atoms with Gasteiger partial charge in [-0.05, 0) is 12.3 Å². The summed E-state index contributed by atoms with van der Waals surface area (Å²) in [5.41, 5.74) is 0. The van der Waals surface area contributed by atoms with Crippen molar-refractivity contribution in [3.63, 3.8) is 0 Å². The molecule has 15 heavy (non-hydrogen) atoms. The minimum Gasteiger partial charge on any atom is -0.315 e. The Hall–Kier alpha value is -1.11. The molecule has 2 fully saturated rings. The van der Waals surface area contributed by atoms with Gasteiger partial charge in [0.05, 0.1) is 11.5 Å². The van der Waals surface area contributed by atoms with Crippen molar-refractivity contribution in [3.05, 3.63) is 0 Å². The fraction of sp³-hybridized carbons (Fsp3) is 0.750. The first-order valence-electron chi connectivity index (χ1n) is 4.75. The third-order valence-electron chi connectivity index (χ3n) is 2.67. The Morgan fingerprint density at radius 3 is 2.60 bits per heavy atom. The normalized spacial score (nSPS) is 29.6. The van der Waals surface area contributed by atoms with Gasteiger partial charge in [0.25, 0.3) is 0 Å². The first-order valence-corrected chi connectivity index (χ1v) is 6.57. The third-order valence-corrected chi connectivity index (χ3v) is 4.51. The molecule has 0 saturated carbocycles. The van der Waals surface area contributed by atoms with E-state index in [1.54, 1.807) is 0 Å². The zero-order valence-electron chi connectivity index (χ0n) is 8.10. The summed E-state index contributed by atoms with van der Waals surface area (Å²) in [5, 5.41) is 2.16. The van der Waals surface area contributed by atoms with Crippen LogP contribution in [0.5, 0.6) is 0 Å². The third kappa shape index (κ3) is 2.28. The van der Waals surface area contributed by atoms with Crippen LogP contribution in [0, 0.1) is 5.92 Å². The van der Waals surface area contributed by atoms with Gasteiger partial charge in [-0.2, -0.15) is 0 Å². The smallest absolute Gasteiger partial charge is 0.315 e. The van der Waals surface area contributed by atoms with Gasteiger partial charge in [0.1, 0.15) is 6.54 Å². The van der Waals surface area contributed by atoms with Crippen LogP contribution in [0.4, 0.5) is 4.79 Å². The Balaban J connectivity index is 1.94. The maximum absolute atomic E-state index is 11.2. The summed E-state index contributed by atoms with van der Waals surface area (Å²) in [6, 6.07) is -0.413. The van der Waals surface area contributed by atoms with E-state index in [2.05, 4.69) is 5.32 Å². The van der Waals surface area contributed by atoms with Gasteiger partial charge < -0.3 is 4.90 Å². The molecular weight excluding hydrogens is 220 g/mol. The van der Waals surface area contributed by atoms with Crippen molar-refractivity contribution in [1.29, 1.82) is 0 Å². The highest BCUT2D eigenvalue weighted by atomic mass is 32.2. The van der Waals surface area contributed by atoms with Crippen molar-refractivity contribution in [2.45, 2.75) is 6.42 Å². The van der Waals surface area contributed by atoms with E-state index < -0.39 is 15.9 Å². The predicted molar refractivity (Wildman–Crippen MR) is 51.9 cm³/mol. The highest BCUT2D eigenvalue weighted by Crippen LogP contribution is 2.20. The fourth-order valence-corrected chi connectivity index (χ4v) is 3.81. The first kappa shape index (κ1) is 10.4. The zero-order chi connectivity index (χ0) is 11.1. The summed E-state index contributed by atoms with van der Waals surface area (Å²) in [6.45, 7) is 0.409. The number of imide groups is 1. The predicted octanol–water partition coefficient (Wildman–Crippen LogP) is -1.03. The molecule has 0 aromatic rings. The quantitative estimate of drug-likeness (QED) is 0.617. The van der Waals surface area contributed by atoms with Crippen LogP contribution in [0.3, 0.4) is 0 Å². The van der Waals surface area contributed by atoms with E-state index in [-0.39, 0.29) is 29.9 Å². The molecule has 0 aromatic carbocycles. The van der Waals surface area contributed by atoms with E-state index in [0.29, 0.717) is 13.0 Å². The van der Waals surface area contributed by atoms with Crippen LogP contribution in [-0.2, 0) is 14.6 Å². The summed E-state index contributed by atoms with van der Waals surface area (Å²) < 4.78 is 22.3. The minimum atomic E-state index is -2.91. The molecule has 2 rings (SSSR count). The molecular formula is C8H12N2O4S. The molecule has 0 spiro atoms. The number of carbonyl (C=O) groups is 2. The first-order chi connectivity index (χ1) is 6.96. The van der Waals surface area contributed by atoms with Gasteiger partial charge in [0, 0.05) is 6.54 Å². The number of sulfone groups is 1. The lowest BCUT2D eigenvalue weighted by Gasteiger charge is -2.16. The molecule has 6 nitrogen and oxygen atoms in total. The highest BCUT2D eigenvalue weighted by Gasteiger charge is 2.33. The Morgan fingerprint density at radius 1 is 1.40 bits per heavy atom. The summed E-state index contributed by atoms with van der Waals surface area (Å²) in [7, 11) is -2.91. The Labute approximate surface area is 87.5 Å². The lowest BCUT2D eigenvalue weighted by molar-refractivity contribution is -0.118. The summed E-state index contributed by atoms with van der Waals surface area (Å²) in [6.07, 6.45) is 0.584. The molecule has 0 aromatic heterocycles. The number of hydrogen-bond acceptors (Lipinski definition) is 4. The van der Waals surface area contributed by atoms with Crippen LogP contribution in [-0.4, -0.2) is 49.9 Å². The van der Waals surface area contributed by atoms with Crippen LogP contribution in [0.2, 0.25) is 0 Å². The number of hydrogen-bond donors (Lipinski definition) is 1. The number of carbonyl (C=O) groups excluding carboxylic acids is 2. The average molecular weight is 232 g/mol. The lowest BCUT2D eigenvalue weighted by Crippen LogP contribution is -2.33. The highest BCUT2D eigenvalue weighted by molar-refractivity contribution is 7.91. The molecule has 0 aliphatic carbocycles. The molecule has 0 radical (unpaired) electrons. The van der Waals surface area contributed by atoms with E-state index >= 15 is 0 Å². The molecule has 0 bridgehead atoms. The molecule has 1 N–H and O–H groups in total. The topological polar surface area (TPSA) is 83.6 Å². The number of nitrogens with one attached hydrogen (secondary N) is 1. The fourth-order valence-electron chi connectivity index (χ4n) is 1.96. The largest absolute Gasteiger partial charge is 0.324 e. The van der Waals surface area contributed by atoms with Gasteiger partial charge in [-0.25, -0.2) is 13.2 Å². The van der Waals surface area contributed by atoms with Crippen LogP contribution in [0.15, 0.2) is 0 Å². The van der Waals surface area contributed by atoms with Crippen molar-refractivity contribution in [2.75, 3.05) is 24.6 Å². The second-order valence-electron chi connectivity index (χ2n) is 4.00. The van der Waals surface area contributed by atoms with E-state index in [9.17, 15) is 18.0 Å². The van der Waals surface area contributed by atoms with Gasteiger partial charge in [-0.15, -0.1) is 0 Å². The van der Waals surface area contributed by atoms with Crippen LogP contribution in [0.1, 0.15) is 6.42 Å². The molecule has 1 unspecified atom stereocenters. The van der Waals surface area contributed by atoms with Crippen molar-refractivity contribution in [3.8, 4) is 0 Å². The Bertz CT molecular complexity index is 403. The van der Waals surface area contributed by atoms with Crippen molar-refractivity contribution < 1.29 is 18.0 Å². The summed E-state index contributed by atoms with van der Waals surface area (Å²) in [4.78, 5) is 23.4. The Kier molecular flexibility index (Phi) is 2.41. The minimum absolute atomic E-state index is 0.0216. The van der Waals surface area contributed by atoms with E-state index in [1.807, 2.05) is 0 Å². The van der Waals surface area contributed by atoms with Gasteiger partial charge in [0.2, 0.25) is 5.91 Å². The van der Waals surface area contributed by atoms with Crippen molar-refractivity contribution in [2.24, 2.45) is 5.92 Å². The van der Waals surface area contributed by atoms with Gasteiger partial charge >= 0.3 is 6.03 Å².